The van der Waals surface area contributed by atoms with E-state index < -0.39 is 0 Å². The summed E-state index contributed by atoms with van der Waals surface area (Å²) in [6.45, 7) is 8.23. The first-order valence-corrected chi connectivity index (χ1v) is 4.82. The first kappa shape index (κ1) is 11.9. The van der Waals surface area contributed by atoms with Crippen LogP contribution in [0.5, 0.6) is 0 Å². The molecule has 0 saturated carbocycles. The molecule has 0 amide bonds. The van der Waals surface area contributed by atoms with Crippen molar-refractivity contribution in [2.24, 2.45) is 5.92 Å². The summed E-state index contributed by atoms with van der Waals surface area (Å²) in [5.41, 5.74) is 0. The maximum Gasteiger partial charge on any atom is 0.0621 e. The van der Waals surface area contributed by atoms with Crippen molar-refractivity contribution in [3.8, 4) is 0 Å². The largest absolute Gasteiger partial charge is 0.380 e. The van der Waals surface area contributed by atoms with Gasteiger partial charge >= 0.3 is 0 Å². The third kappa shape index (κ3) is 5.56. The van der Waals surface area contributed by atoms with Crippen molar-refractivity contribution in [3.05, 3.63) is 0 Å². The van der Waals surface area contributed by atoms with Gasteiger partial charge in [-0.3, -0.25) is 0 Å². The fraction of sp³-hybridized carbons (Fsp3) is 1.00. The van der Waals surface area contributed by atoms with Gasteiger partial charge < -0.3 is 9.64 Å². The predicted octanol–water partition coefficient (Wildman–Crippen LogP) is 2.00. The molecule has 2 heteroatoms. The maximum atomic E-state index is 5.42. The van der Waals surface area contributed by atoms with Gasteiger partial charge in [0.05, 0.1) is 6.61 Å². The van der Waals surface area contributed by atoms with Crippen molar-refractivity contribution in [1.82, 2.24) is 4.90 Å². The summed E-state index contributed by atoms with van der Waals surface area (Å²) < 4.78 is 5.42. The Bertz CT molecular complexity index is 102. The fourth-order valence-electron chi connectivity index (χ4n) is 1.23. The van der Waals surface area contributed by atoms with Gasteiger partial charge in [0.1, 0.15) is 0 Å². The SMILES string of the molecule is CCOCC(CC(C)C)N(C)C. The first-order chi connectivity index (χ1) is 5.57. The zero-order valence-electron chi connectivity index (χ0n) is 9.13. The molecule has 0 fully saturated rings. The second kappa shape index (κ2) is 6.44. The van der Waals surface area contributed by atoms with Gasteiger partial charge in [0.2, 0.25) is 0 Å². The van der Waals surface area contributed by atoms with Crippen LogP contribution in [0.25, 0.3) is 0 Å². The van der Waals surface area contributed by atoms with Gasteiger partial charge in [-0.2, -0.15) is 0 Å². The second-order valence-corrected chi connectivity index (χ2v) is 3.91. The number of ether oxygens (including phenoxy) is 1. The molecule has 0 heterocycles. The van der Waals surface area contributed by atoms with Gasteiger partial charge in [-0.05, 0) is 33.4 Å². The molecule has 0 aromatic rings. The van der Waals surface area contributed by atoms with E-state index in [-0.39, 0.29) is 0 Å². The molecule has 0 saturated heterocycles. The zero-order chi connectivity index (χ0) is 9.56. The summed E-state index contributed by atoms with van der Waals surface area (Å²) >= 11 is 0. The molecule has 12 heavy (non-hydrogen) atoms. The summed E-state index contributed by atoms with van der Waals surface area (Å²) in [4.78, 5) is 2.25. The molecule has 0 radical (unpaired) electrons. The molecule has 1 atom stereocenters. The highest BCUT2D eigenvalue weighted by Crippen LogP contribution is 2.09. The molecule has 0 aromatic carbocycles. The molecule has 0 aliphatic rings. The Morgan fingerprint density at radius 2 is 1.83 bits per heavy atom. The minimum atomic E-state index is 0.574. The number of hydrogen-bond donors (Lipinski definition) is 0. The standard InChI is InChI=1S/C10H23NO/c1-6-12-8-10(11(4)5)7-9(2)3/h9-10H,6-8H2,1-5H3. The Morgan fingerprint density at radius 1 is 1.25 bits per heavy atom. The lowest BCUT2D eigenvalue weighted by Crippen LogP contribution is -2.33. The highest BCUT2D eigenvalue weighted by molar-refractivity contribution is 4.66. The van der Waals surface area contributed by atoms with E-state index in [9.17, 15) is 0 Å². The Hall–Kier alpha value is -0.0800. The lowest BCUT2D eigenvalue weighted by Gasteiger charge is -2.25. The molecule has 0 aromatic heterocycles. The Kier molecular flexibility index (Phi) is 6.39. The lowest BCUT2D eigenvalue weighted by atomic mass is 10.0. The minimum Gasteiger partial charge on any atom is -0.380 e. The van der Waals surface area contributed by atoms with Gasteiger partial charge in [-0.15, -0.1) is 0 Å². The van der Waals surface area contributed by atoms with Crippen LogP contribution in [0.2, 0.25) is 0 Å². The molecule has 0 aliphatic heterocycles. The third-order valence-corrected chi connectivity index (χ3v) is 1.99. The maximum absolute atomic E-state index is 5.42. The number of likely N-dealkylation sites (N-methyl/N-ethyl adjacent to an activating group) is 1. The molecule has 0 rings (SSSR count). The molecular formula is C10H23NO. The molecule has 0 spiro atoms. The van der Waals surface area contributed by atoms with E-state index >= 15 is 0 Å². The molecule has 74 valence electrons. The van der Waals surface area contributed by atoms with Crippen LogP contribution < -0.4 is 0 Å². The lowest BCUT2D eigenvalue weighted by molar-refractivity contribution is 0.0785. The van der Waals surface area contributed by atoms with Crippen LogP contribution >= 0.6 is 0 Å². The van der Waals surface area contributed by atoms with E-state index in [1.165, 1.54) is 6.42 Å². The van der Waals surface area contributed by atoms with Crippen molar-refractivity contribution in [3.63, 3.8) is 0 Å². The van der Waals surface area contributed by atoms with Crippen LogP contribution in [0.3, 0.4) is 0 Å². The minimum absolute atomic E-state index is 0.574. The highest BCUT2D eigenvalue weighted by atomic mass is 16.5. The summed E-state index contributed by atoms with van der Waals surface area (Å²) in [5, 5.41) is 0. The van der Waals surface area contributed by atoms with E-state index in [1.54, 1.807) is 0 Å². The van der Waals surface area contributed by atoms with Crippen LogP contribution in [-0.4, -0.2) is 38.3 Å². The molecule has 1 unspecified atom stereocenters. The van der Waals surface area contributed by atoms with Gasteiger partial charge in [0, 0.05) is 12.6 Å². The topological polar surface area (TPSA) is 12.5 Å². The fourth-order valence-corrected chi connectivity index (χ4v) is 1.23. The van der Waals surface area contributed by atoms with E-state index in [2.05, 4.69) is 32.8 Å². The third-order valence-electron chi connectivity index (χ3n) is 1.99. The Morgan fingerprint density at radius 3 is 2.17 bits per heavy atom. The van der Waals surface area contributed by atoms with Crippen molar-refractivity contribution in [2.75, 3.05) is 27.3 Å². The summed E-state index contributed by atoms with van der Waals surface area (Å²) in [6, 6.07) is 0.574. The number of nitrogens with zero attached hydrogens (tertiary/aromatic N) is 1. The summed E-state index contributed by atoms with van der Waals surface area (Å²) in [5.74, 6) is 0.748. The van der Waals surface area contributed by atoms with Crippen LogP contribution in [0.1, 0.15) is 27.2 Å². The van der Waals surface area contributed by atoms with Crippen molar-refractivity contribution in [1.29, 1.82) is 0 Å². The van der Waals surface area contributed by atoms with E-state index in [0.717, 1.165) is 19.1 Å². The predicted molar refractivity (Wildman–Crippen MR) is 53.4 cm³/mol. The van der Waals surface area contributed by atoms with Gasteiger partial charge in [-0.25, -0.2) is 0 Å². The van der Waals surface area contributed by atoms with Crippen molar-refractivity contribution < 1.29 is 4.74 Å². The summed E-state index contributed by atoms with van der Waals surface area (Å²) in [6.07, 6.45) is 1.22. The molecule has 0 aliphatic carbocycles. The first-order valence-electron chi connectivity index (χ1n) is 4.82. The number of rotatable bonds is 6. The van der Waals surface area contributed by atoms with Gasteiger partial charge in [0.25, 0.3) is 0 Å². The van der Waals surface area contributed by atoms with E-state index in [0.29, 0.717) is 6.04 Å². The van der Waals surface area contributed by atoms with Crippen molar-refractivity contribution in [2.45, 2.75) is 33.2 Å². The molecular weight excluding hydrogens is 150 g/mol. The molecule has 0 bridgehead atoms. The van der Waals surface area contributed by atoms with Crippen LogP contribution in [0.15, 0.2) is 0 Å². The van der Waals surface area contributed by atoms with E-state index in [1.807, 2.05) is 6.92 Å². The number of hydrogen-bond acceptors (Lipinski definition) is 2. The Balaban J connectivity index is 3.70. The normalized spacial score (nSPS) is 14.2. The average molecular weight is 173 g/mol. The van der Waals surface area contributed by atoms with Gasteiger partial charge in [0.15, 0.2) is 0 Å². The molecule has 2 nitrogen and oxygen atoms in total. The van der Waals surface area contributed by atoms with E-state index in [4.69, 9.17) is 4.74 Å². The highest BCUT2D eigenvalue weighted by Gasteiger charge is 2.12. The van der Waals surface area contributed by atoms with Crippen LogP contribution in [-0.2, 0) is 4.74 Å². The monoisotopic (exact) mass is 173 g/mol. The molecule has 0 N–H and O–H groups in total. The smallest absolute Gasteiger partial charge is 0.0621 e. The van der Waals surface area contributed by atoms with Gasteiger partial charge in [-0.1, -0.05) is 13.8 Å². The quantitative estimate of drug-likeness (QED) is 0.609. The second-order valence-electron chi connectivity index (χ2n) is 3.91. The van der Waals surface area contributed by atoms with Crippen LogP contribution in [0, 0.1) is 5.92 Å². The van der Waals surface area contributed by atoms with Crippen LogP contribution in [0.4, 0.5) is 0 Å². The average Bonchev–Trinajstić information content (AvgIpc) is 1.96. The van der Waals surface area contributed by atoms with Crippen molar-refractivity contribution >= 4 is 0 Å². The Labute approximate surface area is 76.9 Å². The summed E-state index contributed by atoms with van der Waals surface area (Å²) in [7, 11) is 4.23. The zero-order valence-corrected chi connectivity index (χ0v) is 9.13.